The van der Waals surface area contributed by atoms with Gasteiger partial charge in [-0.05, 0) is 37.6 Å². The van der Waals surface area contributed by atoms with E-state index in [9.17, 15) is 4.79 Å². The zero-order chi connectivity index (χ0) is 14.7. The number of H-pyrrole nitrogens is 1. The van der Waals surface area contributed by atoms with E-state index in [1.807, 2.05) is 24.4 Å². The highest BCUT2D eigenvalue weighted by molar-refractivity contribution is 5.88. The Morgan fingerprint density at radius 3 is 3.14 bits per heavy atom. The van der Waals surface area contributed by atoms with Crippen LogP contribution in [0.4, 0.5) is 0 Å². The molecule has 112 valence electrons. The first kappa shape index (κ1) is 14.1. The fourth-order valence-corrected chi connectivity index (χ4v) is 3.19. The maximum Gasteiger partial charge on any atom is 0.224 e. The largest absolute Gasteiger partial charge is 0.361 e. The van der Waals surface area contributed by atoms with Crippen LogP contribution in [0.5, 0.6) is 0 Å². The number of para-hydroxylation sites is 1. The number of aromatic amines is 1. The van der Waals surface area contributed by atoms with E-state index >= 15 is 0 Å². The number of nitrogens with zero attached hydrogens (tertiary/aromatic N) is 1. The minimum atomic E-state index is 0.128. The molecule has 0 saturated carbocycles. The van der Waals surface area contributed by atoms with E-state index in [1.54, 1.807) is 0 Å². The van der Waals surface area contributed by atoms with E-state index in [0.29, 0.717) is 12.5 Å². The van der Waals surface area contributed by atoms with Crippen molar-refractivity contribution in [1.82, 2.24) is 15.2 Å². The summed E-state index contributed by atoms with van der Waals surface area (Å²) in [4.78, 5) is 17.9. The van der Waals surface area contributed by atoms with Gasteiger partial charge in [0, 0.05) is 29.7 Å². The van der Waals surface area contributed by atoms with Crippen molar-refractivity contribution in [2.24, 2.45) is 0 Å². The molecule has 0 unspecified atom stereocenters. The van der Waals surface area contributed by atoms with Gasteiger partial charge in [0.15, 0.2) is 0 Å². The van der Waals surface area contributed by atoms with Crippen LogP contribution in [0.2, 0.25) is 0 Å². The molecule has 0 radical (unpaired) electrons. The maximum absolute atomic E-state index is 12.3. The fourth-order valence-electron chi connectivity index (χ4n) is 3.19. The number of carbonyl (C=O) groups is 1. The fraction of sp³-hybridized carbons (Fsp3) is 0.471. The predicted octanol–water partition coefficient (Wildman–Crippen LogP) is 2.31. The lowest BCUT2D eigenvalue weighted by atomic mass is 10.0. The third kappa shape index (κ3) is 3.27. The second-order valence-corrected chi connectivity index (χ2v) is 5.84. The Kier molecular flexibility index (Phi) is 4.25. The van der Waals surface area contributed by atoms with Gasteiger partial charge < -0.3 is 15.2 Å². The van der Waals surface area contributed by atoms with Crippen molar-refractivity contribution in [1.29, 1.82) is 0 Å². The minimum Gasteiger partial charge on any atom is -0.361 e. The highest BCUT2D eigenvalue weighted by Gasteiger charge is 2.20. The minimum absolute atomic E-state index is 0.128. The predicted molar refractivity (Wildman–Crippen MR) is 85.3 cm³/mol. The molecule has 1 atom stereocenters. The average molecular weight is 285 g/mol. The second kappa shape index (κ2) is 6.31. The molecule has 1 fully saturated rings. The van der Waals surface area contributed by atoms with Gasteiger partial charge in [0.25, 0.3) is 0 Å². The summed E-state index contributed by atoms with van der Waals surface area (Å²) in [6.07, 6.45) is 4.66. The van der Waals surface area contributed by atoms with Crippen molar-refractivity contribution in [3.8, 4) is 0 Å². The molecule has 0 bridgehead atoms. The molecule has 2 aromatic rings. The van der Waals surface area contributed by atoms with Gasteiger partial charge in [-0.15, -0.1) is 0 Å². The number of amides is 1. The number of aromatic nitrogens is 1. The standard InChI is InChI=1S/C17H23N3O/c1-2-20-9-5-6-14(12-20)19-17(21)10-13-11-18-16-8-4-3-7-15(13)16/h3-4,7-8,11,14,18H,2,5-6,9-10,12H2,1H3,(H,19,21)/t14-/m1/s1. The van der Waals surface area contributed by atoms with Gasteiger partial charge >= 0.3 is 0 Å². The smallest absolute Gasteiger partial charge is 0.224 e. The van der Waals surface area contributed by atoms with Gasteiger partial charge in [0.2, 0.25) is 5.91 Å². The van der Waals surface area contributed by atoms with E-state index in [4.69, 9.17) is 0 Å². The lowest BCUT2D eigenvalue weighted by molar-refractivity contribution is -0.121. The summed E-state index contributed by atoms with van der Waals surface area (Å²) in [7, 11) is 0. The number of hydrogen-bond donors (Lipinski definition) is 2. The molecular formula is C17H23N3O. The lowest BCUT2D eigenvalue weighted by Gasteiger charge is -2.32. The summed E-state index contributed by atoms with van der Waals surface area (Å²) >= 11 is 0. The Hall–Kier alpha value is -1.81. The van der Waals surface area contributed by atoms with Gasteiger partial charge in [-0.2, -0.15) is 0 Å². The van der Waals surface area contributed by atoms with Crippen LogP contribution in [-0.2, 0) is 11.2 Å². The van der Waals surface area contributed by atoms with Gasteiger partial charge in [-0.1, -0.05) is 25.1 Å². The molecule has 1 aromatic heterocycles. The first-order chi connectivity index (χ1) is 10.3. The van der Waals surface area contributed by atoms with Crippen molar-refractivity contribution < 1.29 is 4.79 Å². The van der Waals surface area contributed by atoms with E-state index in [2.05, 4.69) is 28.2 Å². The number of piperidine rings is 1. The van der Waals surface area contributed by atoms with Gasteiger partial charge in [-0.25, -0.2) is 0 Å². The molecule has 3 rings (SSSR count). The number of likely N-dealkylation sites (tertiary alicyclic amines) is 1. The van der Waals surface area contributed by atoms with Gasteiger partial charge in [0.1, 0.15) is 0 Å². The zero-order valence-corrected chi connectivity index (χ0v) is 12.6. The number of benzene rings is 1. The summed E-state index contributed by atoms with van der Waals surface area (Å²) in [6, 6.07) is 8.42. The van der Waals surface area contributed by atoms with Crippen LogP contribution in [0.3, 0.4) is 0 Å². The zero-order valence-electron chi connectivity index (χ0n) is 12.6. The summed E-state index contributed by atoms with van der Waals surface area (Å²) in [5.74, 6) is 0.128. The van der Waals surface area contributed by atoms with Crippen LogP contribution in [0, 0.1) is 0 Å². The van der Waals surface area contributed by atoms with E-state index < -0.39 is 0 Å². The third-order valence-corrected chi connectivity index (χ3v) is 4.34. The Balaban J connectivity index is 1.61. The number of nitrogens with one attached hydrogen (secondary N) is 2. The van der Waals surface area contributed by atoms with Crippen LogP contribution >= 0.6 is 0 Å². The molecule has 2 N–H and O–H groups in total. The summed E-state index contributed by atoms with van der Waals surface area (Å²) in [5.41, 5.74) is 2.17. The highest BCUT2D eigenvalue weighted by Crippen LogP contribution is 2.18. The number of fused-ring (bicyclic) bond motifs is 1. The number of carbonyl (C=O) groups excluding carboxylic acids is 1. The molecule has 1 aliphatic heterocycles. The van der Waals surface area contributed by atoms with Crippen molar-refractivity contribution in [2.75, 3.05) is 19.6 Å². The molecule has 1 aromatic carbocycles. The molecule has 4 heteroatoms. The lowest BCUT2D eigenvalue weighted by Crippen LogP contribution is -2.47. The Morgan fingerprint density at radius 2 is 2.29 bits per heavy atom. The highest BCUT2D eigenvalue weighted by atomic mass is 16.1. The number of hydrogen-bond acceptors (Lipinski definition) is 2. The van der Waals surface area contributed by atoms with Crippen molar-refractivity contribution in [2.45, 2.75) is 32.2 Å². The van der Waals surface area contributed by atoms with Crippen LogP contribution in [0.25, 0.3) is 10.9 Å². The molecular weight excluding hydrogens is 262 g/mol. The number of likely N-dealkylation sites (N-methyl/N-ethyl adjacent to an activating group) is 1. The Labute approximate surface area is 125 Å². The average Bonchev–Trinajstić information content (AvgIpc) is 2.91. The maximum atomic E-state index is 12.3. The van der Waals surface area contributed by atoms with Crippen molar-refractivity contribution in [3.63, 3.8) is 0 Å². The summed E-state index contributed by atoms with van der Waals surface area (Å²) in [6.45, 7) is 5.38. The van der Waals surface area contributed by atoms with Crippen LogP contribution in [-0.4, -0.2) is 41.5 Å². The van der Waals surface area contributed by atoms with Gasteiger partial charge in [-0.3, -0.25) is 4.79 Å². The van der Waals surface area contributed by atoms with Crippen LogP contribution < -0.4 is 5.32 Å². The first-order valence-corrected chi connectivity index (χ1v) is 7.83. The first-order valence-electron chi connectivity index (χ1n) is 7.83. The molecule has 2 heterocycles. The third-order valence-electron chi connectivity index (χ3n) is 4.34. The molecule has 4 nitrogen and oxygen atoms in total. The van der Waals surface area contributed by atoms with E-state index in [0.717, 1.165) is 42.5 Å². The van der Waals surface area contributed by atoms with Crippen molar-refractivity contribution in [3.05, 3.63) is 36.0 Å². The topological polar surface area (TPSA) is 48.1 Å². The second-order valence-electron chi connectivity index (χ2n) is 5.84. The summed E-state index contributed by atoms with van der Waals surface area (Å²) in [5, 5.41) is 4.34. The quantitative estimate of drug-likeness (QED) is 0.905. The SMILES string of the molecule is CCN1CCC[C@@H](NC(=O)Cc2c[nH]c3ccccc23)C1. The molecule has 0 aliphatic carbocycles. The molecule has 1 saturated heterocycles. The van der Waals surface area contributed by atoms with E-state index in [1.165, 1.54) is 6.42 Å². The van der Waals surface area contributed by atoms with E-state index in [-0.39, 0.29) is 5.91 Å². The van der Waals surface area contributed by atoms with Crippen LogP contribution in [0.1, 0.15) is 25.3 Å². The Morgan fingerprint density at radius 1 is 1.43 bits per heavy atom. The summed E-state index contributed by atoms with van der Waals surface area (Å²) < 4.78 is 0. The molecule has 1 amide bonds. The normalized spacial score (nSPS) is 19.8. The molecule has 0 spiro atoms. The van der Waals surface area contributed by atoms with Crippen LogP contribution in [0.15, 0.2) is 30.5 Å². The monoisotopic (exact) mass is 285 g/mol. The number of rotatable bonds is 4. The van der Waals surface area contributed by atoms with Crippen molar-refractivity contribution >= 4 is 16.8 Å². The van der Waals surface area contributed by atoms with Gasteiger partial charge in [0.05, 0.1) is 6.42 Å². The Bertz CT molecular complexity index is 619. The molecule has 21 heavy (non-hydrogen) atoms. The molecule has 1 aliphatic rings.